The molecular formula is C20H22ClN3O4S2. The number of halogens is 1. The summed E-state index contributed by atoms with van der Waals surface area (Å²) in [4.78, 5) is 24.4. The van der Waals surface area contributed by atoms with Crippen molar-refractivity contribution in [1.29, 1.82) is 0 Å². The number of nitro groups is 1. The molecule has 0 amide bonds. The number of aryl methyl sites for hydroxylation is 1. The molecule has 30 heavy (non-hydrogen) atoms. The smallest absolute Gasteiger partial charge is 0.341 e. The van der Waals surface area contributed by atoms with E-state index in [4.69, 9.17) is 28.6 Å². The second-order valence-electron chi connectivity index (χ2n) is 6.84. The number of carbonyl (C=O) groups is 1. The number of nitrogens with zero attached hydrogens (tertiary/aromatic N) is 1. The van der Waals surface area contributed by atoms with Crippen LogP contribution in [0.2, 0.25) is 5.02 Å². The minimum atomic E-state index is -0.504. The van der Waals surface area contributed by atoms with Gasteiger partial charge in [-0.05, 0) is 56.5 Å². The third-order valence-corrected chi connectivity index (χ3v) is 6.53. The summed E-state index contributed by atoms with van der Waals surface area (Å²) in [6, 6.07) is 4.07. The number of fused-ring (bicyclic) bond motifs is 1. The molecule has 0 saturated carbocycles. The Labute approximate surface area is 188 Å². The van der Waals surface area contributed by atoms with E-state index in [2.05, 4.69) is 10.6 Å². The highest BCUT2D eigenvalue weighted by Crippen LogP contribution is 2.38. The first kappa shape index (κ1) is 22.5. The number of thiocarbonyl (C=S) groups is 1. The SMILES string of the molecule is CCOC(=O)c1c(NC(=S)Nc2cc([N+](=O)[O-])ccc2Cl)sc2c1CCCCCC2. The van der Waals surface area contributed by atoms with Gasteiger partial charge in [0.05, 0.1) is 27.8 Å². The number of rotatable bonds is 5. The van der Waals surface area contributed by atoms with Crippen LogP contribution in [0.25, 0.3) is 0 Å². The van der Waals surface area contributed by atoms with E-state index >= 15 is 0 Å². The molecule has 0 fully saturated rings. The normalized spacial score (nSPS) is 13.5. The van der Waals surface area contributed by atoms with Gasteiger partial charge in [-0.1, -0.05) is 24.4 Å². The van der Waals surface area contributed by atoms with Crippen molar-refractivity contribution < 1.29 is 14.5 Å². The van der Waals surface area contributed by atoms with Crippen LogP contribution in [0.5, 0.6) is 0 Å². The lowest BCUT2D eigenvalue weighted by Crippen LogP contribution is -2.20. The Bertz CT molecular complexity index is 977. The van der Waals surface area contributed by atoms with Crippen molar-refractivity contribution in [2.45, 2.75) is 45.4 Å². The standard InChI is InChI=1S/C20H22ClN3O4S2/c1-2-28-19(25)17-13-7-5-3-4-6-8-16(13)30-18(17)23-20(29)22-15-11-12(24(26)27)9-10-14(15)21/h9-11H,2-8H2,1H3,(H2,22,23,29). The van der Waals surface area contributed by atoms with Crippen molar-refractivity contribution in [3.8, 4) is 0 Å². The number of nitrogens with one attached hydrogen (secondary N) is 2. The average Bonchev–Trinajstić information content (AvgIpc) is 2.99. The summed E-state index contributed by atoms with van der Waals surface area (Å²) >= 11 is 13.1. The minimum absolute atomic E-state index is 0.101. The number of carbonyl (C=O) groups excluding carboxylic acids is 1. The number of esters is 1. The zero-order valence-corrected chi connectivity index (χ0v) is 18.8. The summed E-state index contributed by atoms with van der Waals surface area (Å²) in [5.41, 5.74) is 1.79. The van der Waals surface area contributed by atoms with Crippen LogP contribution in [0.3, 0.4) is 0 Å². The van der Waals surface area contributed by atoms with Crippen LogP contribution in [0, 0.1) is 10.1 Å². The van der Waals surface area contributed by atoms with E-state index in [9.17, 15) is 14.9 Å². The summed E-state index contributed by atoms with van der Waals surface area (Å²) in [5, 5.41) is 18.1. The van der Waals surface area contributed by atoms with Gasteiger partial charge in [0, 0.05) is 17.0 Å². The van der Waals surface area contributed by atoms with E-state index < -0.39 is 4.92 Å². The van der Waals surface area contributed by atoms with Gasteiger partial charge >= 0.3 is 5.97 Å². The van der Waals surface area contributed by atoms with Crippen molar-refractivity contribution in [2.75, 3.05) is 17.2 Å². The maximum absolute atomic E-state index is 12.7. The second kappa shape index (κ2) is 10.2. The fourth-order valence-corrected chi connectivity index (χ4v) is 5.13. The van der Waals surface area contributed by atoms with E-state index in [1.165, 1.54) is 40.8 Å². The van der Waals surface area contributed by atoms with Gasteiger partial charge in [0.1, 0.15) is 5.00 Å². The molecule has 0 unspecified atom stereocenters. The van der Waals surface area contributed by atoms with E-state index in [-0.39, 0.29) is 23.4 Å². The van der Waals surface area contributed by atoms with Crippen molar-refractivity contribution in [3.63, 3.8) is 0 Å². The lowest BCUT2D eigenvalue weighted by atomic mass is 9.96. The Kier molecular flexibility index (Phi) is 7.63. The molecule has 0 bridgehead atoms. The van der Waals surface area contributed by atoms with Gasteiger partial charge in [-0.15, -0.1) is 11.3 Å². The van der Waals surface area contributed by atoms with Crippen molar-refractivity contribution in [2.24, 2.45) is 0 Å². The number of hydrogen-bond acceptors (Lipinski definition) is 6. The molecule has 0 saturated heterocycles. The Morgan fingerprint density at radius 1 is 1.27 bits per heavy atom. The Balaban J connectivity index is 1.87. The van der Waals surface area contributed by atoms with Gasteiger partial charge < -0.3 is 15.4 Å². The van der Waals surface area contributed by atoms with Gasteiger partial charge in [-0.2, -0.15) is 0 Å². The van der Waals surface area contributed by atoms with Crippen LogP contribution in [0.4, 0.5) is 16.4 Å². The topological polar surface area (TPSA) is 93.5 Å². The van der Waals surface area contributed by atoms with E-state index in [0.29, 0.717) is 21.3 Å². The molecule has 2 N–H and O–H groups in total. The molecule has 1 aromatic carbocycles. The number of non-ortho nitro benzene ring substituents is 1. The predicted octanol–water partition coefficient (Wildman–Crippen LogP) is 5.95. The molecule has 1 aliphatic rings. The lowest BCUT2D eigenvalue weighted by molar-refractivity contribution is -0.384. The van der Waals surface area contributed by atoms with Crippen LogP contribution < -0.4 is 10.6 Å². The van der Waals surface area contributed by atoms with Crippen molar-refractivity contribution in [3.05, 3.63) is 49.3 Å². The average molecular weight is 468 g/mol. The molecule has 10 heteroatoms. The molecule has 0 aliphatic heterocycles. The van der Waals surface area contributed by atoms with Gasteiger partial charge in [0.15, 0.2) is 5.11 Å². The van der Waals surface area contributed by atoms with Crippen LogP contribution in [-0.4, -0.2) is 22.6 Å². The molecule has 0 atom stereocenters. The van der Waals surface area contributed by atoms with Crippen LogP contribution in [0.1, 0.15) is 53.4 Å². The highest BCUT2D eigenvalue weighted by Gasteiger charge is 2.26. The number of anilines is 2. The van der Waals surface area contributed by atoms with E-state index in [1.54, 1.807) is 6.92 Å². The zero-order chi connectivity index (χ0) is 21.7. The second-order valence-corrected chi connectivity index (χ2v) is 8.76. The van der Waals surface area contributed by atoms with Gasteiger partial charge in [-0.25, -0.2) is 4.79 Å². The van der Waals surface area contributed by atoms with E-state index in [0.717, 1.165) is 37.7 Å². The van der Waals surface area contributed by atoms with Crippen molar-refractivity contribution >= 4 is 62.6 Å². The summed E-state index contributed by atoms with van der Waals surface area (Å²) in [5.74, 6) is -0.366. The number of ether oxygens (including phenoxy) is 1. The molecule has 1 aliphatic carbocycles. The molecule has 7 nitrogen and oxygen atoms in total. The quantitative estimate of drug-likeness (QED) is 0.242. The maximum Gasteiger partial charge on any atom is 0.341 e. The van der Waals surface area contributed by atoms with Crippen LogP contribution in [0.15, 0.2) is 18.2 Å². The molecule has 2 aromatic rings. The highest BCUT2D eigenvalue weighted by molar-refractivity contribution is 7.80. The monoisotopic (exact) mass is 467 g/mol. The lowest BCUT2D eigenvalue weighted by Gasteiger charge is -2.13. The third kappa shape index (κ3) is 5.27. The summed E-state index contributed by atoms with van der Waals surface area (Å²) in [6.45, 7) is 2.06. The Morgan fingerprint density at radius 2 is 2.00 bits per heavy atom. The van der Waals surface area contributed by atoms with Gasteiger partial charge in [0.25, 0.3) is 5.69 Å². The minimum Gasteiger partial charge on any atom is -0.462 e. The van der Waals surface area contributed by atoms with Crippen molar-refractivity contribution in [1.82, 2.24) is 0 Å². The zero-order valence-electron chi connectivity index (χ0n) is 16.5. The third-order valence-electron chi connectivity index (χ3n) is 4.79. The van der Waals surface area contributed by atoms with Crippen LogP contribution in [-0.2, 0) is 17.6 Å². The number of nitro benzene ring substituents is 1. The van der Waals surface area contributed by atoms with Gasteiger partial charge in [0.2, 0.25) is 0 Å². The fraction of sp³-hybridized carbons (Fsp3) is 0.400. The molecular weight excluding hydrogens is 446 g/mol. The summed E-state index contributed by atoms with van der Waals surface area (Å²) in [6.07, 6.45) is 6.19. The summed E-state index contributed by atoms with van der Waals surface area (Å²) < 4.78 is 5.29. The number of hydrogen-bond donors (Lipinski definition) is 2. The number of thiophene rings is 1. The maximum atomic E-state index is 12.7. The molecule has 160 valence electrons. The highest BCUT2D eigenvalue weighted by atomic mass is 35.5. The molecule has 0 radical (unpaired) electrons. The van der Waals surface area contributed by atoms with Crippen LogP contribution >= 0.6 is 35.2 Å². The van der Waals surface area contributed by atoms with Gasteiger partial charge in [-0.3, -0.25) is 10.1 Å². The first-order valence-electron chi connectivity index (χ1n) is 9.74. The molecule has 1 aromatic heterocycles. The molecule has 3 rings (SSSR count). The Morgan fingerprint density at radius 3 is 2.70 bits per heavy atom. The summed E-state index contributed by atoms with van der Waals surface area (Å²) in [7, 11) is 0. The number of benzene rings is 1. The first-order chi connectivity index (χ1) is 14.4. The molecule has 0 spiro atoms. The largest absolute Gasteiger partial charge is 0.462 e. The fourth-order valence-electron chi connectivity index (χ4n) is 3.41. The predicted molar refractivity (Wildman–Crippen MR) is 124 cm³/mol. The van der Waals surface area contributed by atoms with E-state index in [1.807, 2.05) is 0 Å². The first-order valence-corrected chi connectivity index (χ1v) is 11.3. The molecule has 1 heterocycles. The Hall–Kier alpha value is -2.23.